The standard InChI is InChI=1S/C44H28N2/c1-5-13-33(14-6-1)21-23-35-25-29-39(30-26-35)43-44(40-31-27-36(28-32-40)24-22-34-15-7-2-8-16-34)46-42(38-19-11-4-12-20-38)41(45-43)37-17-9-3-10-18-37/h1-20,25-32H. The number of benzene rings is 6. The predicted octanol–water partition coefficient (Wildman–Crippen LogP) is 9.94. The Hall–Kier alpha value is -6.48. The molecule has 0 atom stereocenters. The Morgan fingerprint density at radius 2 is 0.478 bits per heavy atom. The van der Waals surface area contributed by atoms with Gasteiger partial charge in [0, 0.05) is 44.5 Å². The quantitative estimate of drug-likeness (QED) is 0.192. The molecule has 0 saturated heterocycles. The molecular formula is C44H28N2. The Kier molecular flexibility index (Phi) is 8.27. The molecule has 0 amide bonds. The van der Waals surface area contributed by atoms with Gasteiger partial charge in [-0.2, -0.15) is 0 Å². The van der Waals surface area contributed by atoms with Crippen LogP contribution in [0.5, 0.6) is 0 Å². The van der Waals surface area contributed by atoms with E-state index in [1.54, 1.807) is 0 Å². The largest absolute Gasteiger partial charge is 0.243 e. The van der Waals surface area contributed by atoms with Gasteiger partial charge in [0.2, 0.25) is 0 Å². The average molecular weight is 585 g/mol. The van der Waals surface area contributed by atoms with Gasteiger partial charge < -0.3 is 0 Å². The summed E-state index contributed by atoms with van der Waals surface area (Å²) in [4.78, 5) is 10.7. The highest BCUT2D eigenvalue weighted by atomic mass is 14.9. The van der Waals surface area contributed by atoms with E-state index in [1.807, 2.05) is 121 Å². The second-order valence-corrected chi connectivity index (χ2v) is 10.7. The van der Waals surface area contributed by atoms with Crippen LogP contribution in [-0.2, 0) is 0 Å². The molecule has 1 heterocycles. The highest BCUT2D eigenvalue weighted by Crippen LogP contribution is 2.37. The summed E-state index contributed by atoms with van der Waals surface area (Å²) >= 11 is 0. The minimum Gasteiger partial charge on any atom is -0.243 e. The molecule has 2 nitrogen and oxygen atoms in total. The number of aromatic nitrogens is 2. The molecule has 6 aromatic carbocycles. The normalized spacial score (nSPS) is 10.3. The van der Waals surface area contributed by atoms with E-state index in [-0.39, 0.29) is 0 Å². The van der Waals surface area contributed by atoms with Gasteiger partial charge in [-0.25, -0.2) is 9.97 Å². The van der Waals surface area contributed by atoms with Crippen molar-refractivity contribution in [3.63, 3.8) is 0 Å². The van der Waals surface area contributed by atoms with E-state index in [1.165, 1.54) is 0 Å². The summed E-state index contributed by atoms with van der Waals surface area (Å²) in [5.41, 5.74) is 11.1. The van der Waals surface area contributed by atoms with Crippen LogP contribution in [0.3, 0.4) is 0 Å². The molecular weight excluding hydrogens is 556 g/mol. The monoisotopic (exact) mass is 584 g/mol. The minimum absolute atomic E-state index is 0.809. The van der Waals surface area contributed by atoms with Crippen molar-refractivity contribution in [1.29, 1.82) is 0 Å². The summed E-state index contributed by atoms with van der Waals surface area (Å²) in [5.74, 6) is 13.1. The summed E-state index contributed by atoms with van der Waals surface area (Å²) in [6.45, 7) is 0. The lowest BCUT2D eigenvalue weighted by molar-refractivity contribution is 1.21. The van der Waals surface area contributed by atoms with Crippen molar-refractivity contribution in [2.75, 3.05) is 0 Å². The molecule has 1 aromatic heterocycles. The molecule has 0 spiro atoms. The molecule has 0 fully saturated rings. The fourth-order valence-electron chi connectivity index (χ4n) is 5.19. The second-order valence-electron chi connectivity index (χ2n) is 10.7. The van der Waals surface area contributed by atoms with Crippen molar-refractivity contribution in [3.8, 4) is 68.7 Å². The van der Waals surface area contributed by atoms with E-state index in [4.69, 9.17) is 9.97 Å². The fraction of sp³-hybridized carbons (Fsp3) is 0. The smallest absolute Gasteiger partial charge is 0.0973 e. The van der Waals surface area contributed by atoms with E-state index >= 15 is 0 Å². The summed E-state index contributed by atoms with van der Waals surface area (Å²) in [5, 5.41) is 0. The number of hydrogen-bond acceptors (Lipinski definition) is 2. The van der Waals surface area contributed by atoms with E-state index in [0.717, 1.165) is 67.3 Å². The van der Waals surface area contributed by atoms with Gasteiger partial charge >= 0.3 is 0 Å². The van der Waals surface area contributed by atoms with E-state index in [9.17, 15) is 0 Å². The third-order valence-electron chi connectivity index (χ3n) is 7.56. The molecule has 7 aromatic rings. The zero-order chi connectivity index (χ0) is 31.0. The molecule has 0 radical (unpaired) electrons. The molecule has 2 heteroatoms. The second kappa shape index (κ2) is 13.4. The molecule has 7 rings (SSSR count). The molecule has 0 bridgehead atoms. The molecule has 0 unspecified atom stereocenters. The van der Waals surface area contributed by atoms with Crippen LogP contribution < -0.4 is 0 Å². The first-order valence-electron chi connectivity index (χ1n) is 15.2. The Labute approximate surface area is 270 Å². The van der Waals surface area contributed by atoms with Gasteiger partial charge in [-0.3, -0.25) is 0 Å². The van der Waals surface area contributed by atoms with Crippen LogP contribution in [-0.4, -0.2) is 9.97 Å². The number of hydrogen-bond donors (Lipinski definition) is 0. The van der Waals surface area contributed by atoms with Crippen LogP contribution in [0.4, 0.5) is 0 Å². The SMILES string of the molecule is C(#Cc1ccc(-c2nc(-c3ccccc3)c(-c3ccccc3)nc2-c2ccc(C#Cc3ccccc3)cc2)cc1)c1ccccc1. The highest BCUT2D eigenvalue weighted by molar-refractivity contribution is 5.86. The summed E-state index contributed by atoms with van der Waals surface area (Å²) in [6.07, 6.45) is 0. The first-order valence-corrected chi connectivity index (χ1v) is 15.2. The van der Waals surface area contributed by atoms with E-state index in [2.05, 4.69) is 72.2 Å². The Bertz CT molecular complexity index is 2040. The van der Waals surface area contributed by atoms with Crippen molar-refractivity contribution in [2.45, 2.75) is 0 Å². The van der Waals surface area contributed by atoms with Crippen molar-refractivity contribution >= 4 is 0 Å². The summed E-state index contributed by atoms with van der Waals surface area (Å²) < 4.78 is 0. The summed E-state index contributed by atoms with van der Waals surface area (Å²) in [7, 11) is 0. The van der Waals surface area contributed by atoms with E-state index in [0.29, 0.717) is 0 Å². The van der Waals surface area contributed by atoms with Crippen LogP contribution in [0.1, 0.15) is 22.3 Å². The molecule has 46 heavy (non-hydrogen) atoms. The van der Waals surface area contributed by atoms with Crippen LogP contribution in [0.15, 0.2) is 170 Å². The van der Waals surface area contributed by atoms with Gasteiger partial charge in [-0.15, -0.1) is 0 Å². The van der Waals surface area contributed by atoms with Crippen molar-refractivity contribution in [1.82, 2.24) is 9.97 Å². The molecule has 0 N–H and O–H groups in total. The molecule has 0 aliphatic heterocycles. The fourth-order valence-corrected chi connectivity index (χ4v) is 5.19. The molecule has 0 aliphatic rings. The summed E-state index contributed by atoms with van der Waals surface area (Å²) in [6, 6.07) is 57.1. The Morgan fingerprint density at radius 3 is 0.783 bits per heavy atom. The first-order chi connectivity index (χ1) is 22.8. The topological polar surface area (TPSA) is 25.8 Å². The van der Waals surface area contributed by atoms with Crippen LogP contribution >= 0.6 is 0 Å². The van der Waals surface area contributed by atoms with Gasteiger partial charge in [-0.1, -0.05) is 145 Å². The van der Waals surface area contributed by atoms with Crippen LogP contribution in [0, 0.1) is 23.7 Å². The lowest BCUT2D eigenvalue weighted by Gasteiger charge is -2.16. The van der Waals surface area contributed by atoms with Gasteiger partial charge in [-0.05, 0) is 48.5 Å². The highest BCUT2D eigenvalue weighted by Gasteiger charge is 2.19. The zero-order valence-electron chi connectivity index (χ0n) is 25.1. The van der Waals surface area contributed by atoms with Crippen LogP contribution in [0.2, 0.25) is 0 Å². The number of nitrogens with zero attached hydrogens (tertiary/aromatic N) is 2. The zero-order valence-corrected chi connectivity index (χ0v) is 25.1. The van der Waals surface area contributed by atoms with Gasteiger partial charge in [0.25, 0.3) is 0 Å². The third-order valence-corrected chi connectivity index (χ3v) is 7.56. The van der Waals surface area contributed by atoms with Crippen molar-refractivity contribution in [2.24, 2.45) is 0 Å². The lowest BCUT2D eigenvalue weighted by atomic mass is 9.98. The van der Waals surface area contributed by atoms with Gasteiger partial charge in [0.1, 0.15) is 0 Å². The van der Waals surface area contributed by atoms with Gasteiger partial charge in [0.05, 0.1) is 22.8 Å². The lowest BCUT2D eigenvalue weighted by Crippen LogP contribution is -2.01. The maximum atomic E-state index is 5.36. The minimum atomic E-state index is 0.809. The maximum Gasteiger partial charge on any atom is 0.0973 e. The van der Waals surface area contributed by atoms with E-state index < -0.39 is 0 Å². The molecule has 0 aliphatic carbocycles. The first kappa shape index (κ1) is 28.3. The molecule has 0 saturated carbocycles. The Morgan fingerprint density at radius 1 is 0.239 bits per heavy atom. The maximum absolute atomic E-state index is 5.36. The van der Waals surface area contributed by atoms with Crippen LogP contribution in [0.25, 0.3) is 45.0 Å². The Balaban J connectivity index is 1.35. The third kappa shape index (κ3) is 6.53. The average Bonchev–Trinajstić information content (AvgIpc) is 3.15. The van der Waals surface area contributed by atoms with Gasteiger partial charge in [0.15, 0.2) is 0 Å². The predicted molar refractivity (Wildman–Crippen MR) is 189 cm³/mol. The number of rotatable bonds is 4. The van der Waals surface area contributed by atoms with Crippen molar-refractivity contribution in [3.05, 3.63) is 192 Å². The van der Waals surface area contributed by atoms with Crippen molar-refractivity contribution < 1.29 is 0 Å². The molecule has 214 valence electrons.